The van der Waals surface area contributed by atoms with E-state index in [0.29, 0.717) is 13.1 Å². The van der Waals surface area contributed by atoms with Crippen LogP contribution >= 0.6 is 0 Å². The van der Waals surface area contributed by atoms with Crippen molar-refractivity contribution in [3.8, 4) is 11.5 Å². The summed E-state index contributed by atoms with van der Waals surface area (Å²) in [5.74, 6) is 1.88. The number of aryl methyl sites for hydroxylation is 1. The van der Waals surface area contributed by atoms with Crippen molar-refractivity contribution in [1.29, 1.82) is 0 Å². The zero-order valence-corrected chi connectivity index (χ0v) is 17.3. The quantitative estimate of drug-likeness (QED) is 0.780. The highest BCUT2D eigenvalue weighted by molar-refractivity contribution is 5.79. The molecule has 0 aromatic heterocycles. The molecule has 152 valence electrons. The summed E-state index contributed by atoms with van der Waals surface area (Å²) in [7, 11) is 3.34. The zero-order chi connectivity index (χ0) is 19.9. The van der Waals surface area contributed by atoms with Gasteiger partial charge in [-0.15, -0.1) is 0 Å². The first kappa shape index (κ1) is 20.5. The molecule has 1 aromatic carbocycles. The van der Waals surface area contributed by atoms with Gasteiger partial charge in [0.15, 0.2) is 0 Å². The highest BCUT2D eigenvalue weighted by atomic mass is 16.5. The van der Waals surface area contributed by atoms with Gasteiger partial charge in [-0.05, 0) is 63.4 Å². The Hall–Kier alpha value is -2.27. The summed E-state index contributed by atoms with van der Waals surface area (Å²) in [4.78, 5) is 15.4. The first-order valence-corrected chi connectivity index (χ1v) is 10.2. The summed E-state index contributed by atoms with van der Waals surface area (Å²) in [6.45, 7) is 5.00. The number of piperidine rings is 1. The molecule has 0 unspecified atom stereocenters. The van der Waals surface area contributed by atoms with E-state index in [0.717, 1.165) is 61.4 Å². The molecule has 1 N–H and O–H groups in total. The molecule has 1 aliphatic carbocycles. The summed E-state index contributed by atoms with van der Waals surface area (Å²) in [5.41, 5.74) is 3.31. The molecule has 0 spiro atoms. The topological polar surface area (TPSA) is 50.8 Å². The fraction of sp³-hybridized carbons (Fsp3) is 0.522. The van der Waals surface area contributed by atoms with E-state index in [2.05, 4.69) is 23.5 Å². The van der Waals surface area contributed by atoms with E-state index in [9.17, 15) is 4.79 Å². The van der Waals surface area contributed by atoms with Crippen LogP contribution in [0, 0.1) is 12.8 Å². The van der Waals surface area contributed by atoms with Gasteiger partial charge in [0.25, 0.3) is 0 Å². The van der Waals surface area contributed by atoms with Crippen molar-refractivity contribution in [3.05, 3.63) is 47.1 Å². The normalized spacial score (nSPS) is 17.2. The van der Waals surface area contributed by atoms with Gasteiger partial charge in [-0.25, -0.2) is 0 Å². The fourth-order valence-corrected chi connectivity index (χ4v) is 4.03. The van der Waals surface area contributed by atoms with Crippen molar-refractivity contribution in [3.63, 3.8) is 0 Å². The molecule has 5 heteroatoms. The van der Waals surface area contributed by atoms with Gasteiger partial charge in [0.05, 0.1) is 26.3 Å². The molecule has 1 heterocycles. The summed E-state index contributed by atoms with van der Waals surface area (Å²) in [5, 5.41) is 3.35. The van der Waals surface area contributed by atoms with E-state index in [1.807, 2.05) is 24.0 Å². The van der Waals surface area contributed by atoms with Crippen molar-refractivity contribution in [2.24, 2.45) is 5.92 Å². The number of methoxy groups -OCH3 is 2. The van der Waals surface area contributed by atoms with Crippen molar-refractivity contribution in [2.45, 2.75) is 39.2 Å². The maximum atomic E-state index is 13.4. The molecule has 0 radical (unpaired) electrons. The number of hydrogen-bond donors (Lipinski definition) is 1. The number of rotatable bonds is 7. The van der Waals surface area contributed by atoms with E-state index in [4.69, 9.17) is 9.47 Å². The lowest BCUT2D eigenvalue weighted by Gasteiger charge is -2.31. The monoisotopic (exact) mass is 384 g/mol. The molecular weight excluding hydrogens is 352 g/mol. The van der Waals surface area contributed by atoms with Crippen LogP contribution in [0.3, 0.4) is 0 Å². The van der Waals surface area contributed by atoms with Crippen LogP contribution in [0.2, 0.25) is 0 Å². The average Bonchev–Trinajstić information content (AvgIpc) is 2.74. The summed E-state index contributed by atoms with van der Waals surface area (Å²) in [6, 6.07) is 4.02. The third-order valence-electron chi connectivity index (χ3n) is 5.60. The van der Waals surface area contributed by atoms with Crippen LogP contribution in [0.1, 0.15) is 36.8 Å². The molecule has 1 fully saturated rings. The maximum absolute atomic E-state index is 13.4. The van der Waals surface area contributed by atoms with Crippen LogP contribution in [0.4, 0.5) is 0 Å². The molecule has 2 aliphatic rings. The van der Waals surface area contributed by atoms with Crippen LogP contribution in [0.15, 0.2) is 35.9 Å². The van der Waals surface area contributed by atoms with Crippen molar-refractivity contribution in [1.82, 2.24) is 10.2 Å². The Labute approximate surface area is 168 Å². The molecule has 1 saturated heterocycles. The number of nitrogens with zero attached hydrogens (tertiary/aromatic N) is 1. The minimum Gasteiger partial charge on any atom is -0.496 e. The summed E-state index contributed by atoms with van der Waals surface area (Å²) >= 11 is 0. The smallest absolute Gasteiger partial charge is 0.226 e. The van der Waals surface area contributed by atoms with E-state index in [1.54, 1.807) is 14.2 Å². The van der Waals surface area contributed by atoms with Crippen LogP contribution in [-0.4, -0.2) is 44.7 Å². The van der Waals surface area contributed by atoms with Crippen molar-refractivity contribution in [2.75, 3.05) is 33.9 Å². The average molecular weight is 385 g/mol. The van der Waals surface area contributed by atoms with Gasteiger partial charge in [0, 0.05) is 12.5 Å². The number of carbonyl (C=O) groups is 1. The first-order chi connectivity index (χ1) is 13.6. The number of allylic oxidation sites excluding steroid dienone is 3. The Morgan fingerprint density at radius 3 is 2.39 bits per heavy atom. The lowest BCUT2D eigenvalue weighted by Crippen LogP contribution is -2.41. The Balaban J connectivity index is 1.89. The predicted octanol–water partition coefficient (Wildman–Crippen LogP) is 3.62. The molecule has 28 heavy (non-hydrogen) atoms. The zero-order valence-electron chi connectivity index (χ0n) is 17.3. The molecule has 1 amide bonds. The number of hydrogen-bond acceptors (Lipinski definition) is 4. The minimum atomic E-state index is 0.0865. The van der Waals surface area contributed by atoms with E-state index < -0.39 is 0 Å². The highest BCUT2D eigenvalue weighted by Gasteiger charge is 2.28. The van der Waals surface area contributed by atoms with E-state index in [1.165, 1.54) is 5.57 Å². The van der Waals surface area contributed by atoms with Gasteiger partial charge in [0.2, 0.25) is 5.91 Å². The highest BCUT2D eigenvalue weighted by Crippen LogP contribution is 2.33. The molecule has 0 atom stereocenters. The largest absolute Gasteiger partial charge is 0.496 e. The van der Waals surface area contributed by atoms with Crippen LogP contribution in [0.5, 0.6) is 11.5 Å². The number of carbonyl (C=O) groups excluding carboxylic acids is 1. The van der Waals surface area contributed by atoms with E-state index in [-0.39, 0.29) is 11.8 Å². The molecule has 0 bridgehead atoms. The molecular formula is C23H32N2O3. The standard InChI is InChI=1S/C23H32N2O3/c1-17-13-21(27-2)20(22(14-17)28-3)16-25(15-18-7-5-4-6-8-18)23(26)19-9-11-24-12-10-19/h4-5,7,13-14,19,24H,6,8-12,15-16H2,1-3H3. The van der Waals surface area contributed by atoms with Gasteiger partial charge in [-0.2, -0.15) is 0 Å². The van der Waals surface area contributed by atoms with Gasteiger partial charge in [-0.1, -0.05) is 23.8 Å². The summed E-state index contributed by atoms with van der Waals surface area (Å²) < 4.78 is 11.3. The second-order valence-electron chi connectivity index (χ2n) is 7.66. The SMILES string of the molecule is COc1cc(C)cc(OC)c1CN(CC1=CC=CCC1)C(=O)C1CCNCC1. The molecule has 1 aromatic rings. The molecule has 3 rings (SSSR count). The second-order valence-corrected chi connectivity index (χ2v) is 7.66. The Bertz CT molecular complexity index is 723. The van der Waals surface area contributed by atoms with E-state index >= 15 is 0 Å². The summed E-state index contributed by atoms with van der Waals surface area (Å²) in [6.07, 6.45) is 10.3. The third kappa shape index (κ3) is 4.96. The van der Waals surface area contributed by atoms with Crippen LogP contribution in [-0.2, 0) is 11.3 Å². The first-order valence-electron chi connectivity index (χ1n) is 10.2. The minimum absolute atomic E-state index is 0.0865. The van der Waals surface area contributed by atoms with Crippen molar-refractivity contribution < 1.29 is 14.3 Å². The third-order valence-corrected chi connectivity index (χ3v) is 5.60. The molecule has 0 saturated carbocycles. The second kappa shape index (κ2) is 9.78. The van der Waals surface area contributed by atoms with Crippen molar-refractivity contribution >= 4 is 5.91 Å². The van der Waals surface area contributed by atoms with Gasteiger partial charge in [-0.3, -0.25) is 4.79 Å². The molecule has 5 nitrogen and oxygen atoms in total. The van der Waals surface area contributed by atoms with Crippen LogP contribution in [0.25, 0.3) is 0 Å². The van der Waals surface area contributed by atoms with Gasteiger partial charge >= 0.3 is 0 Å². The number of nitrogens with one attached hydrogen (secondary N) is 1. The van der Waals surface area contributed by atoms with Gasteiger partial charge < -0.3 is 19.7 Å². The maximum Gasteiger partial charge on any atom is 0.226 e. The fourth-order valence-electron chi connectivity index (χ4n) is 4.03. The Kier molecular flexibility index (Phi) is 7.15. The van der Waals surface area contributed by atoms with Gasteiger partial charge in [0.1, 0.15) is 11.5 Å². The predicted molar refractivity (Wildman–Crippen MR) is 112 cm³/mol. The number of ether oxygens (including phenoxy) is 2. The van der Waals surface area contributed by atoms with Crippen LogP contribution < -0.4 is 14.8 Å². The number of benzene rings is 1. The molecule has 1 aliphatic heterocycles. The Morgan fingerprint density at radius 2 is 1.82 bits per heavy atom. The number of amides is 1. The Morgan fingerprint density at radius 1 is 1.14 bits per heavy atom. The lowest BCUT2D eigenvalue weighted by atomic mass is 9.95. The lowest BCUT2D eigenvalue weighted by molar-refractivity contribution is -0.136.